The zero-order valence-corrected chi connectivity index (χ0v) is 33.0. The molecule has 14 rings (SSSR count). The summed E-state index contributed by atoms with van der Waals surface area (Å²) in [5.74, 6) is 3.15. The minimum atomic E-state index is 0.523. The fourth-order valence-corrected chi connectivity index (χ4v) is 10.8. The number of rotatable bonds is 4. The molecule has 14 aromatic rings. The number of fused-ring (bicyclic) bond motifs is 14. The third-order valence-electron chi connectivity index (χ3n) is 12.1. The van der Waals surface area contributed by atoms with Crippen LogP contribution in [0.15, 0.2) is 176 Å². The van der Waals surface area contributed by atoms with Crippen molar-refractivity contribution < 1.29 is 0 Å². The van der Waals surface area contributed by atoms with Crippen molar-refractivity contribution >= 4 is 103 Å². The topological polar surface area (TPSA) is 83.6 Å². The summed E-state index contributed by atoms with van der Waals surface area (Å²) in [6.07, 6.45) is 1.91. The molecule has 9 nitrogen and oxygen atoms in total. The average molecular weight is 800 g/mol. The molecule has 61 heavy (non-hydrogen) atoms. The highest BCUT2D eigenvalue weighted by atomic mass is 32.1. The van der Waals surface area contributed by atoms with Gasteiger partial charge in [-0.25, -0.2) is 9.97 Å². The molecule has 0 aliphatic heterocycles. The summed E-state index contributed by atoms with van der Waals surface area (Å²) in [5.41, 5.74) is 8.68. The third kappa shape index (κ3) is 4.45. The van der Waals surface area contributed by atoms with Crippen LogP contribution in [0.2, 0.25) is 0 Å². The van der Waals surface area contributed by atoms with Gasteiger partial charge in [-0.2, -0.15) is 15.0 Å². The van der Waals surface area contributed by atoms with Crippen LogP contribution in [0.4, 0.5) is 0 Å². The van der Waals surface area contributed by atoms with Gasteiger partial charge in [0.15, 0.2) is 11.6 Å². The molecule has 0 aliphatic carbocycles. The number of hydrogen-bond acceptors (Lipinski definition) is 6. The van der Waals surface area contributed by atoms with E-state index in [1.54, 1.807) is 11.3 Å². The molecule has 7 aromatic heterocycles. The van der Waals surface area contributed by atoms with Crippen molar-refractivity contribution in [1.82, 2.24) is 43.0 Å². The Balaban J connectivity index is 1.15. The van der Waals surface area contributed by atoms with E-state index in [9.17, 15) is 0 Å². The minimum Gasteiger partial charge on any atom is -0.278 e. The zero-order chi connectivity index (χ0) is 39.8. The second-order valence-electron chi connectivity index (χ2n) is 15.4. The Morgan fingerprint density at radius 3 is 1.54 bits per heavy atom. The van der Waals surface area contributed by atoms with Gasteiger partial charge in [0.05, 0.1) is 48.8 Å². The van der Waals surface area contributed by atoms with E-state index in [0.717, 1.165) is 92.9 Å². The highest BCUT2D eigenvalue weighted by molar-refractivity contribution is 7.26. The van der Waals surface area contributed by atoms with Crippen molar-refractivity contribution in [1.29, 1.82) is 0 Å². The average Bonchev–Trinajstić information content (AvgIpc) is 4.12. The fraction of sp³-hybridized carbons (Fsp3) is 0. The van der Waals surface area contributed by atoms with Crippen molar-refractivity contribution in [3.63, 3.8) is 0 Å². The van der Waals surface area contributed by atoms with Crippen LogP contribution in [0.25, 0.3) is 121 Å². The van der Waals surface area contributed by atoms with Gasteiger partial charge in [-0.1, -0.05) is 109 Å². The molecular formula is C51H29N9S. The SMILES string of the molecule is c1ccc2c(c1)nc1n(-c3nccc4c3sc3ccccc34)c3c(-c4nc(-n5c6ccccc6c6ccccc65)nc(-n5c6ccccc6c6ccccc65)n4)cccc3n21. The molecule has 0 amide bonds. The Bertz CT molecular complexity index is 3910. The molecule has 10 heteroatoms. The number of benzene rings is 7. The highest BCUT2D eigenvalue weighted by Crippen LogP contribution is 2.41. The van der Waals surface area contributed by atoms with E-state index in [4.69, 9.17) is 24.9 Å². The van der Waals surface area contributed by atoms with E-state index < -0.39 is 0 Å². The smallest absolute Gasteiger partial charge is 0.240 e. The maximum Gasteiger partial charge on any atom is 0.240 e. The van der Waals surface area contributed by atoms with Crippen LogP contribution in [-0.2, 0) is 0 Å². The molecule has 7 heterocycles. The number of imidazole rings is 2. The molecule has 284 valence electrons. The number of nitrogens with zero attached hydrogens (tertiary/aromatic N) is 9. The van der Waals surface area contributed by atoms with Crippen LogP contribution in [0.1, 0.15) is 0 Å². The first-order valence-corrected chi connectivity index (χ1v) is 21.0. The largest absolute Gasteiger partial charge is 0.278 e. The molecule has 0 unspecified atom stereocenters. The van der Waals surface area contributed by atoms with Crippen LogP contribution >= 0.6 is 11.3 Å². The van der Waals surface area contributed by atoms with Crippen molar-refractivity contribution in [3.05, 3.63) is 176 Å². The second-order valence-corrected chi connectivity index (χ2v) is 16.4. The second kappa shape index (κ2) is 12.2. The van der Waals surface area contributed by atoms with Crippen molar-refractivity contribution in [2.45, 2.75) is 0 Å². The fourth-order valence-electron chi connectivity index (χ4n) is 9.58. The summed E-state index contributed by atoms with van der Waals surface area (Å²) in [4.78, 5) is 26.8. The van der Waals surface area contributed by atoms with Gasteiger partial charge in [0, 0.05) is 48.8 Å². The van der Waals surface area contributed by atoms with Crippen molar-refractivity contribution in [3.8, 4) is 29.1 Å². The predicted molar refractivity (Wildman–Crippen MR) is 248 cm³/mol. The lowest BCUT2D eigenvalue weighted by atomic mass is 10.1. The van der Waals surface area contributed by atoms with Gasteiger partial charge >= 0.3 is 0 Å². The maximum atomic E-state index is 5.48. The molecule has 0 bridgehead atoms. The first-order valence-electron chi connectivity index (χ1n) is 20.2. The van der Waals surface area contributed by atoms with E-state index >= 15 is 0 Å². The summed E-state index contributed by atoms with van der Waals surface area (Å²) in [6, 6.07) is 59.2. The molecule has 0 fully saturated rings. The monoisotopic (exact) mass is 799 g/mol. The van der Waals surface area contributed by atoms with E-state index in [1.807, 2.05) is 12.3 Å². The molecule has 0 atom stereocenters. The zero-order valence-electron chi connectivity index (χ0n) is 32.2. The lowest BCUT2D eigenvalue weighted by Crippen LogP contribution is -2.10. The predicted octanol–water partition coefficient (Wildman–Crippen LogP) is 12.2. The van der Waals surface area contributed by atoms with Crippen LogP contribution < -0.4 is 0 Å². The lowest BCUT2D eigenvalue weighted by molar-refractivity contribution is 0.893. The summed E-state index contributed by atoms with van der Waals surface area (Å²) in [7, 11) is 0. The van der Waals surface area contributed by atoms with Crippen molar-refractivity contribution in [2.24, 2.45) is 0 Å². The summed E-state index contributed by atoms with van der Waals surface area (Å²) in [5, 5.41) is 6.88. The number of para-hydroxylation sites is 7. The van der Waals surface area contributed by atoms with Gasteiger partial charge < -0.3 is 0 Å². The van der Waals surface area contributed by atoms with Crippen LogP contribution in [0, 0.1) is 0 Å². The van der Waals surface area contributed by atoms with Gasteiger partial charge in [0.2, 0.25) is 17.7 Å². The first-order chi connectivity index (χ1) is 30.3. The summed E-state index contributed by atoms with van der Waals surface area (Å²) < 4.78 is 11.1. The quantitative estimate of drug-likeness (QED) is 0.177. The van der Waals surface area contributed by atoms with Gasteiger partial charge in [-0.15, -0.1) is 11.3 Å². The van der Waals surface area contributed by atoms with E-state index in [1.165, 1.54) is 10.1 Å². The van der Waals surface area contributed by atoms with Gasteiger partial charge in [0.1, 0.15) is 0 Å². The molecule has 0 saturated carbocycles. The van der Waals surface area contributed by atoms with Crippen LogP contribution in [0.5, 0.6) is 0 Å². The Morgan fingerprint density at radius 2 is 0.918 bits per heavy atom. The van der Waals surface area contributed by atoms with Crippen LogP contribution in [-0.4, -0.2) is 43.0 Å². The summed E-state index contributed by atoms with van der Waals surface area (Å²) >= 11 is 1.75. The van der Waals surface area contributed by atoms with Gasteiger partial charge in [-0.3, -0.25) is 18.1 Å². The van der Waals surface area contributed by atoms with Crippen LogP contribution in [0.3, 0.4) is 0 Å². The standard InChI is InChI=1S/C51H29N9S/c1-7-21-38-30(14-1)31-15-2-8-22-39(31)57(38)49-54-47(55-50(56-49)58-40-23-9-3-16-32(40)33-17-4-10-24-41(33)58)36-19-13-26-43-45(36)60(51-53-37-20-6-11-25-42(37)59(43)51)48-46-35(28-29-52-48)34-18-5-12-27-44(34)61-46/h1-29H. The van der Waals surface area contributed by atoms with E-state index in [0.29, 0.717) is 17.7 Å². The Hall–Kier alpha value is -8.21. The number of aromatic nitrogens is 9. The van der Waals surface area contributed by atoms with Gasteiger partial charge in [-0.05, 0) is 60.7 Å². The van der Waals surface area contributed by atoms with E-state index in [-0.39, 0.29) is 0 Å². The van der Waals surface area contributed by atoms with Crippen molar-refractivity contribution in [2.75, 3.05) is 0 Å². The molecule has 0 N–H and O–H groups in total. The molecule has 0 radical (unpaired) electrons. The number of thiophene rings is 1. The molecule has 0 spiro atoms. The van der Waals surface area contributed by atoms with E-state index in [2.05, 4.69) is 182 Å². The third-order valence-corrected chi connectivity index (χ3v) is 13.3. The number of hydrogen-bond donors (Lipinski definition) is 0. The molecule has 7 aromatic carbocycles. The minimum absolute atomic E-state index is 0.523. The van der Waals surface area contributed by atoms with Gasteiger partial charge in [0.25, 0.3) is 0 Å². The lowest BCUT2D eigenvalue weighted by Gasteiger charge is -2.14. The normalized spacial score (nSPS) is 12.3. The maximum absolute atomic E-state index is 5.48. The highest BCUT2D eigenvalue weighted by Gasteiger charge is 2.26. The molecule has 0 saturated heterocycles. The Labute approximate surface area is 349 Å². The first kappa shape index (κ1) is 32.7. The number of pyridine rings is 1. The molecule has 0 aliphatic rings. The Kier molecular flexibility index (Phi) is 6.52. The Morgan fingerprint density at radius 1 is 0.393 bits per heavy atom. The molecular weight excluding hydrogens is 771 g/mol. The summed E-state index contributed by atoms with van der Waals surface area (Å²) in [6.45, 7) is 0.